The average molecular weight is 1230 g/mol. The van der Waals surface area contributed by atoms with Gasteiger partial charge in [0.2, 0.25) is 0 Å². The summed E-state index contributed by atoms with van der Waals surface area (Å²) in [5.74, 6) is 0.938. The van der Waals surface area contributed by atoms with Gasteiger partial charge in [0.25, 0.3) is 0 Å². The number of nitrogens with one attached hydrogen (secondary N) is 1. The van der Waals surface area contributed by atoms with Crippen LogP contribution < -0.4 is 5.32 Å². The number of carbonyl (C=O) groups is 1. The zero-order valence-electron chi connectivity index (χ0n) is 51.1. The van der Waals surface area contributed by atoms with E-state index >= 15 is 4.39 Å². The summed E-state index contributed by atoms with van der Waals surface area (Å²) < 4.78 is 75.3. The Labute approximate surface area is 517 Å². The molecule has 6 aliphatic heterocycles. The number of Topliss-reactive ketones (excluding diaryl/α,β-unsaturated/α-hetero) is 1. The first kappa shape index (κ1) is 62.9. The van der Waals surface area contributed by atoms with Crippen molar-refractivity contribution < 1.29 is 31.8 Å². The largest absolute Gasteiger partial charge is 0.372 e. The number of aromatic nitrogens is 10. The number of rotatable bonds is 13. The van der Waals surface area contributed by atoms with Crippen LogP contribution in [-0.2, 0) is 40.2 Å². The maximum absolute atomic E-state index is 15.1. The molecule has 22 heteroatoms. The topological polar surface area (TPSA) is 170 Å². The predicted octanol–water partition coefficient (Wildman–Crippen LogP) is 10.8. The summed E-state index contributed by atoms with van der Waals surface area (Å²) in [6.45, 7) is 21.3. The fourth-order valence-corrected chi connectivity index (χ4v) is 13.5. The van der Waals surface area contributed by atoms with E-state index in [1.165, 1.54) is 56.9 Å². The molecule has 0 saturated carbocycles. The molecule has 4 atom stereocenters. The van der Waals surface area contributed by atoms with Gasteiger partial charge in [0.05, 0.1) is 60.7 Å². The summed E-state index contributed by atoms with van der Waals surface area (Å²) in [6.07, 6.45) is 20.9. The molecule has 14 rings (SSSR count). The number of fused-ring (bicyclic) bond motifs is 6. The summed E-state index contributed by atoms with van der Waals surface area (Å²) in [5.41, 5.74) is 6.57. The molecule has 1 N–H and O–H groups in total. The van der Waals surface area contributed by atoms with E-state index < -0.39 is 23.3 Å². The number of hydrogen-bond acceptors (Lipinski definition) is 15. The van der Waals surface area contributed by atoms with Gasteiger partial charge in [0.15, 0.2) is 11.6 Å². The molecule has 6 saturated heterocycles. The zero-order valence-corrected chi connectivity index (χ0v) is 51.9. The number of aryl methyl sites for hydroxylation is 2. The van der Waals surface area contributed by atoms with Crippen LogP contribution in [0, 0.1) is 37.1 Å². The van der Waals surface area contributed by atoms with E-state index in [1.54, 1.807) is 36.7 Å². The molecule has 0 spiro atoms. The number of pyridine rings is 2. The molecule has 0 aliphatic carbocycles. The Kier molecular flexibility index (Phi) is 19.7. The number of imidazole rings is 2. The van der Waals surface area contributed by atoms with Crippen LogP contribution in [-0.4, -0.2) is 152 Å². The number of hydrogen-bond donors (Lipinski definition) is 1. The van der Waals surface area contributed by atoms with Crippen LogP contribution in [0.25, 0.3) is 44.3 Å². The number of ether oxygens (including phenoxy) is 2. The second kappa shape index (κ2) is 27.6. The quantitative estimate of drug-likeness (QED) is 0.108. The third-order valence-corrected chi connectivity index (χ3v) is 17.8. The van der Waals surface area contributed by atoms with Crippen LogP contribution in [0.3, 0.4) is 0 Å². The first-order valence-electron chi connectivity index (χ1n) is 31.0. The Bertz CT molecular complexity index is 3710. The van der Waals surface area contributed by atoms with Crippen molar-refractivity contribution in [3.63, 3.8) is 0 Å². The molecule has 8 aromatic rings. The number of benzene rings is 2. The van der Waals surface area contributed by atoms with E-state index in [2.05, 4.69) is 59.9 Å². The summed E-state index contributed by atoms with van der Waals surface area (Å²) in [5, 5.41) is 3.32. The lowest BCUT2D eigenvalue weighted by Crippen LogP contribution is -2.51. The number of halogens is 5. The molecular formula is C66H79ClF4N14O3. The van der Waals surface area contributed by atoms with Crippen LogP contribution >= 0.6 is 12.4 Å². The van der Waals surface area contributed by atoms with Crippen LogP contribution in [0.5, 0.6) is 0 Å². The number of morpholine rings is 2. The van der Waals surface area contributed by atoms with Gasteiger partial charge in [-0.05, 0) is 141 Å². The second-order valence-electron chi connectivity index (χ2n) is 24.9. The highest BCUT2D eigenvalue weighted by Gasteiger charge is 2.37. The van der Waals surface area contributed by atoms with Gasteiger partial charge in [-0.25, -0.2) is 47.5 Å². The first-order valence-corrected chi connectivity index (χ1v) is 31.0. The second-order valence-corrected chi connectivity index (χ2v) is 24.9. The molecule has 17 nitrogen and oxygen atoms in total. The van der Waals surface area contributed by atoms with Crippen molar-refractivity contribution in [2.24, 2.45) is 0 Å². The van der Waals surface area contributed by atoms with E-state index in [9.17, 15) is 18.0 Å². The van der Waals surface area contributed by atoms with Crippen molar-refractivity contribution in [2.45, 2.75) is 161 Å². The minimum atomic E-state index is -0.527. The van der Waals surface area contributed by atoms with Gasteiger partial charge in [0, 0.05) is 142 Å². The molecule has 6 fully saturated rings. The molecule has 12 heterocycles. The van der Waals surface area contributed by atoms with Gasteiger partial charge in [-0.3, -0.25) is 29.5 Å². The van der Waals surface area contributed by atoms with Crippen LogP contribution in [0.15, 0.2) is 73.6 Å². The SMILES string of the molecule is C1CC2CNCC1O2.Cc1nc2c(F)cc(-c3cc(Cc4ncc(CN5CCC(=O)CC5)cn4)ncc3F)cc2n1C(C)C.Cc1nc2c(F)cc(-c3cc(Cc4ncc(CN5CCC(N6CC7CCC(C6)O7)CC5)cn4)ncc3F)cc2n1C(C)C.Cl. The average Bonchev–Trinajstić information content (AvgIpc) is 4.11. The monoisotopic (exact) mass is 1230 g/mol. The molecule has 4 bridgehead atoms. The normalized spacial score (nSPS) is 20.8. The molecule has 2 aromatic carbocycles. The molecular weight excluding hydrogens is 1150 g/mol. The smallest absolute Gasteiger partial charge is 0.151 e. The Morgan fingerprint density at radius 2 is 0.955 bits per heavy atom. The Balaban J connectivity index is 0.000000161. The number of nitrogens with zero attached hydrogens (tertiary/aromatic N) is 13. The maximum atomic E-state index is 15.1. The van der Waals surface area contributed by atoms with Crippen LogP contribution in [0.2, 0.25) is 0 Å². The van der Waals surface area contributed by atoms with Gasteiger partial charge < -0.3 is 23.9 Å². The number of likely N-dealkylation sites (tertiary alicyclic amines) is 3. The van der Waals surface area contributed by atoms with Gasteiger partial charge >= 0.3 is 0 Å². The summed E-state index contributed by atoms with van der Waals surface area (Å²) in [6, 6.07) is 10.4. The minimum Gasteiger partial charge on any atom is -0.372 e. The van der Waals surface area contributed by atoms with Crippen molar-refractivity contribution in [1.82, 2.24) is 69.0 Å². The number of carbonyl (C=O) groups excluding carboxylic acids is 1. The summed E-state index contributed by atoms with van der Waals surface area (Å²) in [7, 11) is 0. The highest BCUT2D eigenvalue weighted by atomic mass is 35.5. The van der Waals surface area contributed by atoms with Crippen LogP contribution in [0.4, 0.5) is 17.6 Å². The van der Waals surface area contributed by atoms with Gasteiger partial charge in [-0.2, -0.15) is 0 Å². The fraction of sp³-hybridized carbons (Fsp3) is 0.500. The predicted molar refractivity (Wildman–Crippen MR) is 331 cm³/mol. The van der Waals surface area contributed by atoms with Gasteiger partial charge in [-0.1, -0.05) is 0 Å². The van der Waals surface area contributed by atoms with E-state index in [-0.39, 0.29) is 35.6 Å². The third kappa shape index (κ3) is 14.5. The van der Waals surface area contributed by atoms with E-state index in [0.717, 1.165) is 82.1 Å². The maximum Gasteiger partial charge on any atom is 0.151 e. The lowest BCUT2D eigenvalue weighted by atomic mass is 10.0. The molecule has 0 amide bonds. The summed E-state index contributed by atoms with van der Waals surface area (Å²) in [4.78, 5) is 54.2. The first-order chi connectivity index (χ1) is 42.0. The Morgan fingerprint density at radius 1 is 0.534 bits per heavy atom. The molecule has 88 heavy (non-hydrogen) atoms. The van der Waals surface area contributed by atoms with Crippen molar-refractivity contribution in [3.05, 3.63) is 143 Å². The summed E-state index contributed by atoms with van der Waals surface area (Å²) >= 11 is 0. The molecule has 466 valence electrons. The zero-order chi connectivity index (χ0) is 60.5. The van der Waals surface area contributed by atoms with Crippen molar-refractivity contribution >= 4 is 40.3 Å². The molecule has 0 radical (unpaired) electrons. The van der Waals surface area contributed by atoms with Crippen LogP contribution in [0.1, 0.15) is 137 Å². The molecule has 4 unspecified atom stereocenters. The van der Waals surface area contributed by atoms with Gasteiger partial charge in [-0.15, -0.1) is 12.4 Å². The van der Waals surface area contributed by atoms with Gasteiger partial charge in [0.1, 0.15) is 51.7 Å². The van der Waals surface area contributed by atoms with E-state index in [0.29, 0.717) is 131 Å². The fourth-order valence-electron chi connectivity index (χ4n) is 13.5. The Morgan fingerprint density at radius 3 is 1.39 bits per heavy atom. The molecule has 6 aliphatic rings. The van der Waals surface area contributed by atoms with Crippen molar-refractivity contribution in [1.29, 1.82) is 0 Å². The highest BCUT2D eigenvalue weighted by molar-refractivity contribution is 5.86. The van der Waals surface area contributed by atoms with E-state index in [1.807, 2.05) is 63.1 Å². The minimum absolute atomic E-state index is 0. The number of piperidine rings is 2. The third-order valence-electron chi connectivity index (χ3n) is 17.8. The Hall–Kier alpha value is -6.72. The lowest BCUT2D eigenvalue weighted by Gasteiger charge is -2.42. The standard InChI is InChI=1S/C33H39F2N7O.C27H28F2N6O.C6H11NO.ClH/c1-20(2)42-21(3)39-33-29(34)10-23(11-31(33)42)28-12-24(36-16-30(28)35)13-32-37-14-22(15-38-32)17-40-8-6-25(7-9-40)41-18-26-4-5-27(19-41)43-26;1-16(2)35-17(3)33-27-23(28)8-19(9-25(27)35)22-10-20(30-14-24(22)29)11-26-31-12-18(13-32-26)15-34-6-4-21(36)5-7-34;1-2-6-4-7-3-5(1)8-6;/h10-12,14-16,20,25-27H,4-9,13,17-19H2,1-3H3;8-10,12-14,16H,4-7,11,15H2,1-3H3;5-7H,1-4H2;1H. The highest BCUT2D eigenvalue weighted by Crippen LogP contribution is 2.35. The lowest BCUT2D eigenvalue weighted by molar-refractivity contribution is -0.121. The van der Waals surface area contributed by atoms with E-state index in [4.69, 9.17) is 9.47 Å². The van der Waals surface area contributed by atoms with Crippen molar-refractivity contribution in [2.75, 3.05) is 52.4 Å². The molecule has 6 aromatic heterocycles. The van der Waals surface area contributed by atoms with Crippen molar-refractivity contribution in [3.8, 4) is 22.3 Å². The number of ketones is 1.